The summed E-state index contributed by atoms with van der Waals surface area (Å²) >= 11 is 0. The molecule has 4 nitrogen and oxygen atoms in total. The number of hydrogen-bond donors (Lipinski definition) is 0. The SMILES string of the molecule is c1ccc(-c2nc(-c3ccccc3)nc(-c3ccc(-c4cccc5oc6ccc(-c7ccccc7-c7ccc8c9ccccc9c9ccccc9c8c7)cc6c45)cc3)n2)cc1. The predicted molar refractivity (Wildman–Crippen MR) is 252 cm³/mol. The summed E-state index contributed by atoms with van der Waals surface area (Å²) in [6.07, 6.45) is 0. The van der Waals surface area contributed by atoms with Gasteiger partial charge in [0, 0.05) is 27.5 Å². The van der Waals surface area contributed by atoms with Gasteiger partial charge in [0.25, 0.3) is 0 Å². The Kier molecular flexibility index (Phi) is 8.13. The monoisotopic (exact) mass is 777 g/mol. The van der Waals surface area contributed by atoms with Crippen molar-refractivity contribution in [3.05, 3.63) is 212 Å². The van der Waals surface area contributed by atoms with E-state index >= 15 is 0 Å². The lowest BCUT2D eigenvalue weighted by Gasteiger charge is -2.14. The van der Waals surface area contributed by atoms with E-state index in [0.717, 1.165) is 55.3 Å². The third kappa shape index (κ3) is 5.96. The van der Waals surface area contributed by atoms with Gasteiger partial charge >= 0.3 is 0 Å². The number of benzene rings is 10. The van der Waals surface area contributed by atoms with Crippen molar-refractivity contribution in [2.45, 2.75) is 0 Å². The van der Waals surface area contributed by atoms with Crippen molar-refractivity contribution in [2.75, 3.05) is 0 Å². The molecule has 10 aromatic carbocycles. The lowest BCUT2D eigenvalue weighted by Crippen LogP contribution is -2.00. The molecule has 284 valence electrons. The first kappa shape index (κ1) is 34.8. The predicted octanol–water partition coefficient (Wildman–Crippen LogP) is 15.2. The fourth-order valence-corrected chi connectivity index (χ4v) is 9.03. The number of hydrogen-bond acceptors (Lipinski definition) is 4. The summed E-state index contributed by atoms with van der Waals surface area (Å²) < 4.78 is 6.52. The van der Waals surface area contributed by atoms with Crippen LogP contribution in [0.25, 0.3) is 122 Å². The van der Waals surface area contributed by atoms with E-state index in [1.54, 1.807) is 0 Å². The third-order valence-corrected chi connectivity index (χ3v) is 11.9. The number of fused-ring (bicyclic) bond motifs is 9. The minimum Gasteiger partial charge on any atom is -0.456 e. The van der Waals surface area contributed by atoms with Gasteiger partial charge in [-0.15, -0.1) is 0 Å². The molecule has 0 aliphatic heterocycles. The normalized spacial score (nSPS) is 11.6. The van der Waals surface area contributed by atoms with Crippen molar-refractivity contribution in [1.29, 1.82) is 0 Å². The van der Waals surface area contributed by atoms with Crippen LogP contribution in [0.2, 0.25) is 0 Å². The van der Waals surface area contributed by atoms with E-state index in [0.29, 0.717) is 17.5 Å². The zero-order chi connectivity index (χ0) is 40.3. The average Bonchev–Trinajstić information content (AvgIpc) is 3.73. The smallest absolute Gasteiger partial charge is 0.164 e. The van der Waals surface area contributed by atoms with Crippen molar-refractivity contribution in [3.8, 4) is 67.5 Å². The van der Waals surface area contributed by atoms with Gasteiger partial charge in [0.2, 0.25) is 0 Å². The molecule has 0 fully saturated rings. The van der Waals surface area contributed by atoms with Gasteiger partial charge in [-0.2, -0.15) is 0 Å². The molecule has 4 heteroatoms. The molecule has 2 aromatic heterocycles. The van der Waals surface area contributed by atoms with Gasteiger partial charge in [0.1, 0.15) is 11.2 Å². The Labute approximate surface area is 352 Å². The highest BCUT2D eigenvalue weighted by atomic mass is 16.3. The highest BCUT2D eigenvalue weighted by Crippen LogP contribution is 2.42. The third-order valence-electron chi connectivity index (χ3n) is 11.9. The molecular weight excluding hydrogens is 743 g/mol. The van der Waals surface area contributed by atoms with E-state index in [9.17, 15) is 0 Å². The van der Waals surface area contributed by atoms with Crippen molar-refractivity contribution in [3.63, 3.8) is 0 Å². The van der Waals surface area contributed by atoms with Crippen LogP contribution in [0.3, 0.4) is 0 Å². The van der Waals surface area contributed by atoms with Crippen molar-refractivity contribution in [2.24, 2.45) is 0 Å². The van der Waals surface area contributed by atoms with Gasteiger partial charge in [-0.05, 0) is 90.0 Å². The average molecular weight is 778 g/mol. The fourth-order valence-electron chi connectivity index (χ4n) is 9.03. The molecule has 0 radical (unpaired) electrons. The Morgan fingerprint density at radius 2 is 0.656 bits per heavy atom. The number of aromatic nitrogens is 3. The minimum atomic E-state index is 0.627. The zero-order valence-corrected chi connectivity index (χ0v) is 33.0. The molecule has 0 atom stereocenters. The van der Waals surface area contributed by atoms with Crippen LogP contribution in [0.4, 0.5) is 0 Å². The lowest BCUT2D eigenvalue weighted by molar-refractivity contribution is 0.669. The Bertz CT molecular complexity index is 3540. The second kappa shape index (κ2) is 14.3. The molecular formula is C57H35N3O. The van der Waals surface area contributed by atoms with Crippen LogP contribution < -0.4 is 0 Å². The minimum absolute atomic E-state index is 0.627. The molecule has 61 heavy (non-hydrogen) atoms. The van der Waals surface area contributed by atoms with Crippen LogP contribution in [0.1, 0.15) is 0 Å². The highest BCUT2D eigenvalue weighted by Gasteiger charge is 2.18. The fraction of sp³-hybridized carbons (Fsp3) is 0. The van der Waals surface area contributed by atoms with Crippen LogP contribution in [-0.2, 0) is 0 Å². The maximum atomic E-state index is 6.52. The van der Waals surface area contributed by atoms with Crippen LogP contribution in [-0.4, -0.2) is 15.0 Å². The molecule has 0 bridgehead atoms. The molecule has 12 rings (SSSR count). The molecule has 0 saturated carbocycles. The molecule has 0 aliphatic carbocycles. The van der Waals surface area contributed by atoms with Crippen LogP contribution in [0.5, 0.6) is 0 Å². The topological polar surface area (TPSA) is 51.8 Å². The summed E-state index contributed by atoms with van der Waals surface area (Å²) in [6, 6.07) is 74.8. The maximum Gasteiger partial charge on any atom is 0.164 e. The van der Waals surface area contributed by atoms with Crippen LogP contribution >= 0.6 is 0 Å². The molecule has 0 spiro atoms. The Hall–Kier alpha value is -8.21. The summed E-state index contributed by atoms with van der Waals surface area (Å²) in [4.78, 5) is 14.8. The van der Waals surface area contributed by atoms with Gasteiger partial charge in [0.05, 0.1) is 0 Å². The summed E-state index contributed by atoms with van der Waals surface area (Å²) in [5.41, 5.74) is 11.4. The Balaban J connectivity index is 0.953. The van der Waals surface area contributed by atoms with E-state index in [1.165, 1.54) is 49.0 Å². The van der Waals surface area contributed by atoms with E-state index in [2.05, 4.69) is 152 Å². The van der Waals surface area contributed by atoms with Gasteiger partial charge < -0.3 is 4.42 Å². The first-order valence-electron chi connectivity index (χ1n) is 20.6. The summed E-state index contributed by atoms with van der Waals surface area (Å²) in [7, 11) is 0. The van der Waals surface area contributed by atoms with Crippen molar-refractivity contribution < 1.29 is 4.42 Å². The molecule has 12 aromatic rings. The second-order valence-electron chi connectivity index (χ2n) is 15.5. The summed E-state index contributed by atoms with van der Waals surface area (Å²) in [5.74, 6) is 1.91. The van der Waals surface area contributed by atoms with Gasteiger partial charge in [-0.25, -0.2) is 15.0 Å². The molecule has 0 unspecified atom stereocenters. The largest absolute Gasteiger partial charge is 0.456 e. The van der Waals surface area contributed by atoms with E-state index in [1.807, 2.05) is 60.7 Å². The molecule has 0 amide bonds. The van der Waals surface area contributed by atoms with E-state index in [-0.39, 0.29) is 0 Å². The van der Waals surface area contributed by atoms with Crippen LogP contribution in [0, 0.1) is 0 Å². The Morgan fingerprint density at radius 3 is 1.23 bits per heavy atom. The number of nitrogens with zero attached hydrogens (tertiary/aromatic N) is 3. The van der Waals surface area contributed by atoms with E-state index < -0.39 is 0 Å². The first-order valence-corrected chi connectivity index (χ1v) is 20.6. The zero-order valence-electron chi connectivity index (χ0n) is 33.0. The molecule has 2 heterocycles. The number of furan rings is 1. The highest BCUT2D eigenvalue weighted by molar-refractivity contribution is 6.26. The van der Waals surface area contributed by atoms with Crippen molar-refractivity contribution in [1.82, 2.24) is 15.0 Å². The van der Waals surface area contributed by atoms with Gasteiger partial charge in [-0.3, -0.25) is 0 Å². The standard InChI is InChI=1S/C57H35N3O/c1-3-14-37(15-4-1)55-58-56(38-16-5-2-6-17-38)60-57(59-55)39-28-26-36(27-29-39)44-24-13-25-53-54(44)51-35-41(31-33-52(51)61-53)43-19-8-7-18-42(43)40-30-32-49-47-22-10-9-20-45(47)46-21-11-12-23-48(46)50(49)34-40/h1-35H. The Morgan fingerprint density at radius 1 is 0.246 bits per heavy atom. The summed E-state index contributed by atoms with van der Waals surface area (Å²) in [5, 5.41) is 9.80. The van der Waals surface area contributed by atoms with Crippen molar-refractivity contribution >= 4 is 54.3 Å². The maximum absolute atomic E-state index is 6.52. The molecule has 0 aliphatic rings. The van der Waals surface area contributed by atoms with E-state index in [4.69, 9.17) is 19.4 Å². The van der Waals surface area contributed by atoms with Gasteiger partial charge in [-0.1, -0.05) is 188 Å². The summed E-state index contributed by atoms with van der Waals surface area (Å²) in [6.45, 7) is 0. The molecule has 0 N–H and O–H groups in total. The van der Waals surface area contributed by atoms with Gasteiger partial charge in [0.15, 0.2) is 17.5 Å². The second-order valence-corrected chi connectivity index (χ2v) is 15.5. The lowest BCUT2D eigenvalue weighted by atomic mass is 9.89. The number of rotatable bonds is 6. The van der Waals surface area contributed by atoms with Crippen LogP contribution in [0.15, 0.2) is 217 Å². The quantitative estimate of drug-likeness (QED) is 0.158. The molecule has 0 saturated heterocycles. The first-order chi connectivity index (χ1) is 30.2.